The molecule has 114 valence electrons. The number of nitrogens with one attached hydrogen (secondary N) is 1. The number of hydrogen-bond donors (Lipinski definition) is 2. The summed E-state index contributed by atoms with van der Waals surface area (Å²) in [6.45, 7) is 3.47. The molecule has 2 unspecified atom stereocenters. The van der Waals surface area contributed by atoms with Gasteiger partial charge in [-0.25, -0.2) is 0 Å². The fourth-order valence-electron chi connectivity index (χ4n) is 1.75. The maximum atomic E-state index is 11.9. The summed E-state index contributed by atoms with van der Waals surface area (Å²) in [6.07, 6.45) is 0.336. The highest BCUT2D eigenvalue weighted by atomic mass is 16.6. The topological polar surface area (TPSA) is 110 Å². The van der Waals surface area contributed by atoms with Gasteiger partial charge in [-0.15, -0.1) is 0 Å². The van der Waals surface area contributed by atoms with Crippen molar-refractivity contribution in [2.24, 2.45) is 5.92 Å². The molecule has 0 aliphatic carbocycles. The van der Waals surface area contributed by atoms with E-state index in [0.29, 0.717) is 12.0 Å². The van der Waals surface area contributed by atoms with E-state index in [1.807, 2.05) is 0 Å². The Kier molecular flexibility index (Phi) is 5.83. The van der Waals surface area contributed by atoms with Gasteiger partial charge in [0, 0.05) is 18.7 Å². The number of amides is 1. The Hall–Kier alpha value is -2.44. The van der Waals surface area contributed by atoms with E-state index in [-0.39, 0.29) is 18.1 Å². The van der Waals surface area contributed by atoms with Gasteiger partial charge in [0.25, 0.3) is 5.69 Å². The lowest BCUT2D eigenvalue weighted by Gasteiger charge is -2.13. The molecular formula is C14H18N2O5. The summed E-state index contributed by atoms with van der Waals surface area (Å²) < 4.78 is 0. The van der Waals surface area contributed by atoms with Gasteiger partial charge < -0.3 is 10.4 Å². The van der Waals surface area contributed by atoms with E-state index in [2.05, 4.69) is 5.32 Å². The second kappa shape index (κ2) is 7.37. The molecule has 0 aliphatic rings. The predicted molar refractivity (Wildman–Crippen MR) is 75.9 cm³/mol. The number of aliphatic carboxylic acids is 1. The molecule has 2 N–H and O–H groups in total. The molecule has 0 radical (unpaired) electrons. The second-order valence-electron chi connectivity index (χ2n) is 4.89. The summed E-state index contributed by atoms with van der Waals surface area (Å²) in [5, 5.41) is 22.1. The van der Waals surface area contributed by atoms with Crippen LogP contribution in [0.25, 0.3) is 0 Å². The van der Waals surface area contributed by atoms with E-state index in [9.17, 15) is 19.7 Å². The highest BCUT2D eigenvalue weighted by Gasteiger charge is 2.18. The largest absolute Gasteiger partial charge is 0.481 e. The second-order valence-corrected chi connectivity index (χ2v) is 4.89. The van der Waals surface area contributed by atoms with Gasteiger partial charge in [0.05, 0.1) is 16.8 Å². The monoisotopic (exact) mass is 294 g/mol. The summed E-state index contributed by atoms with van der Waals surface area (Å²) >= 11 is 0. The van der Waals surface area contributed by atoms with Crippen LogP contribution >= 0.6 is 0 Å². The van der Waals surface area contributed by atoms with Crippen LogP contribution in [0, 0.1) is 16.0 Å². The zero-order valence-corrected chi connectivity index (χ0v) is 11.9. The number of nitro benzene ring substituents is 1. The maximum absolute atomic E-state index is 11.9. The van der Waals surface area contributed by atoms with E-state index in [1.54, 1.807) is 19.9 Å². The molecule has 21 heavy (non-hydrogen) atoms. The van der Waals surface area contributed by atoms with Crippen molar-refractivity contribution in [2.75, 3.05) is 6.54 Å². The van der Waals surface area contributed by atoms with Crippen LogP contribution in [-0.2, 0) is 9.59 Å². The SMILES string of the molecule is CC(CCNC(=O)C(C)c1cccc([N+](=O)[O-])c1)C(=O)O. The Labute approximate surface area is 122 Å². The summed E-state index contributed by atoms with van der Waals surface area (Å²) in [4.78, 5) is 32.8. The Morgan fingerprint density at radius 3 is 2.62 bits per heavy atom. The standard InChI is InChI=1S/C14H18N2O5/c1-9(14(18)19)6-7-15-13(17)10(2)11-4-3-5-12(8-11)16(20)21/h3-5,8-10H,6-7H2,1-2H3,(H,15,17)(H,18,19). The molecule has 0 bridgehead atoms. The van der Waals surface area contributed by atoms with Gasteiger partial charge in [-0.05, 0) is 18.9 Å². The van der Waals surface area contributed by atoms with Gasteiger partial charge in [0.1, 0.15) is 0 Å². The molecule has 1 rings (SSSR count). The van der Waals surface area contributed by atoms with Crippen molar-refractivity contribution in [3.8, 4) is 0 Å². The molecule has 0 fully saturated rings. The third-order valence-corrected chi connectivity index (χ3v) is 3.27. The third-order valence-electron chi connectivity index (χ3n) is 3.27. The molecule has 2 atom stereocenters. The minimum Gasteiger partial charge on any atom is -0.481 e. The number of nitrogens with zero attached hydrogens (tertiary/aromatic N) is 1. The number of hydrogen-bond acceptors (Lipinski definition) is 4. The minimum atomic E-state index is -0.906. The van der Waals surface area contributed by atoms with Crippen LogP contribution in [0.3, 0.4) is 0 Å². The lowest BCUT2D eigenvalue weighted by atomic mass is 9.99. The zero-order chi connectivity index (χ0) is 16.0. The summed E-state index contributed by atoms with van der Waals surface area (Å²) in [7, 11) is 0. The van der Waals surface area contributed by atoms with Crippen molar-refractivity contribution >= 4 is 17.6 Å². The first kappa shape index (κ1) is 16.6. The van der Waals surface area contributed by atoms with Gasteiger partial charge in [-0.1, -0.05) is 19.1 Å². The Morgan fingerprint density at radius 2 is 2.05 bits per heavy atom. The number of carboxylic acid groups (broad SMARTS) is 1. The molecular weight excluding hydrogens is 276 g/mol. The molecule has 7 heteroatoms. The number of carboxylic acids is 1. The summed E-state index contributed by atoms with van der Waals surface area (Å²) in [6, 6.07) is 5.91. The van der Waals surface area contributed by atoms with Crippen LogP contribution in [0.5, 0.6) is 0 Å². The van der Waals surface area contributed by atoms with Gasteiger partial charge in [0.2, 0.25) is 5.91 Å². The molecule has 1 aromatic rings. The number of carbonyl (C=O) groups is 2. The van der Waals surface area contributed by atoms with Crippen molar-refractivity contribution in [1.82, 2.24) is 5.32 Å². The first-order valence-corrected chi connectivity index (χ1v) is 6.57. The van der Waals surface area contributed by atoms with Crippen LogP contribution in [0.1, 0.15) is 31.7 Å². The highest BCUT2D eigenvalue weighted by molar-refractivity contribution is 5.83. The fourth-order valence-corrected chi connectivity index (χ4v) is 1.75. The summed E-state index contributed by atoms with van der Waals surface area (Å²) in [5.74, 6) is -2.26. The molecule has 0 saturated heterocycles. The molecule has 0 aliphatic heterocycles. The minimum absolute atomic E-state index is 0.0633. The van der Waals surface area contributed by atoms with Gasteiger partial charge in [-0.2, -0.15) is 0 Å². The first-order valence-electron chi connectivity index (χ1n) is 6.57. The lowest BCUT2D eigenvalue weighted by Crippen LogP contribution is -2.30. The Balaban J connectivity index is 2.60. The van der Waals surface area contributed by atoms with Crippen LogP contribution in [0.4, 0.5) is 5.69 Å². The van der Waals surface area contributed by atoms with E-state index in [0.717, 1.165) is 0 Å². The van der Waals surface area contributed by atoms with Crippen LogP contribution in [-0.4, -0.2) is 28.5 Å². The van der Waals surface area contributed by atoms with E-state index in [4.69, 9.17) is 5.11 Å². The maximum Gasteiger partial charge on any atom is 0.306 e. The third kappa shape index (κ3) is 4.87. The smallest absolute Gasteiger partial charge is 0.306 e. The van der Waals surface area contributed by atoms with Crippen LogP contribution < -0.4 is 5.32 Å². The quantitative estimate of drug-likeness (QED) is 0.589. The fraction of sp³-hybridized carbons (Fsp3) is 0.429. The van der Waals surface area contributed by atoms with Crippen molar-refractivity contribution in [1.29, 1.82) is 0 Å². The zero-order valence-electron chi connectivity index (χ0n) is 11.9. The average molecular weight is 294 g/mol. The molecule has 1 aromatic carbocycles. The van der Waals surface area contributed by atoms with E-state index < -0.39 is 22.7 Å². The number of rotatable bonds is 7. The Morgan fingerprint density at radius 1 is 1.38 bits per heavy atom. The average Bonchev–Trinajstić information content (AvgIpc) is 2.46. The normalized spacial score (nSPS) is 13.2. The molecule has 0 saturated carbocycles. The van der Waals surface area contributed by atoms with Gasteiger partial charge in [0.15, 0.2) is 0 Å². The molecule has 7 nitrogen and oxygen atoms in total. The van der Waals surface area contributed by atoms with Gasteiger partial charge in [-0.3, -0.25) is 19.7 Å². The van der Waals surface area contributed by atoms with Gasteiger partial charge >= 0.3 is 5.97 Å². The predicted octanol–water partition coefficient (Wildman–Crippen LogP) is 1.93. The van der Waals surface area contributed by atoms with Crippen molar-refractivity contribution < 1.29 is 19.6 Å². The first-order chi connectivity index (χ1) is 9.82. The van der Waals surface area contributed by atoms with Crippen molar-refractivity contribution in [2.45, 2.75) is 26.2 Å². The lowest BCUT2D eigenvalue weighted by molar-refractivity contribution is -0.384. The number of nitro groups is 1. The summed E-state index contributed by atoms with van der Waals surface area (Å²) in [5.41, 5.74) is 0.486. The highest BCUT2D eigenvalue weighted by Crippen LogP contribution is 2.20. The van der Waals surface area contributed by atoms with Crippen molar-refractivity contribution in [3.63, 3.8) is 0 Å². The molecule has 0 spiro atoms. The Bertz CT molecular complexity index is 544. The number of benzene rings is 1. The molecule has 1 amide bonds. The van der Waals surface area contributed by atoms with Crippen molar-refractivity contribution in [3.05, 3.63) is 39.9 Å². The van der Waals surface area contributed by atoms with E-state index >= 15 is 0 Å². The molecule has 0 heterocycles. The molecule has 0 aromatic heterocycles. The number of non-ortho nitro benzene ring substituents is 1. The van der Waals surface area contributed by atoms with Crippen LogP contribution in [0.2, 0.25) is 0 Å². The van der Waals surface area contributed by atoms with Crippen LogP contribution in [0.15, 0.2) is 24.3 Å². The number of carbonyl (C=O) groups excluding carboxylic acids is 1. The van der Waals surface area contributed by atoms with E-state index in [1.165, 1.54) is 18.2 Å².